The molecular weight excluding hydrogens is 503 g/mol. The van der Waals surface area contributed by atoms with Crippen LogP contribution in [0.25, 0.3) is 0 Å². The summed E-state index contributed by atoms with van der Waals surface area (Å²) in [6.45, 7) is 2.88. The van der Waals surface area contributed by atoms with Crippen LogP contribution in [0.15, 0.2) is 18.2 Å². The lowest BCUT2D eigenvalue weighted by atomic mass is 10.0. The van der Waals surface area contributed by atoms with E-state index in [1.807, 2.05) is 0 Å². The lowest BCUT2D eigenvalue weighted by Crippen LogP contribution is -2.05. The van der Waals surface area contributed by atoms with Crippen molar-refractivity contribution in [2.45, 2.75) is 116 Å². The third-order valence-electron chi connectivity index (χ3n) is 5.72. The van der Waals surface area contributed by atoms with Crippen LogP contribution < -0.4 is 4.74 Å². The fourth-order valence-electron chi connectivity index (χ4n) is 3.89. The van der Waals surface area contributed by atoms with Gasteiger partial charge in [0.1, 0.15) is 5.75 Å². The Morgan fingerprint density at radius 3 is 1.74 bits per heavy atom. The highest BCUT2D eigenvalue weighted by Crippen LogP contribution is 2.28. The molecule has 1 aromatic carbocycles. The molecule has 1 rings (SSSR count). The van der Waals surface area contributed by atoms with Crippen LogP contribution >= 0.6 is 21.2 Å². The van der Waals surface area contributed by atoms with E-state index in [0.29, 0.717) is 21.5 Å². The summed E-state index contributed by atoms with van der Waals surface area (Å²) in [5.41, 5.74) is 0.611. The van der Waals surface area contributed by atoms with Crippen LogP contribution in [0.4, 0.5) is 0 Å². The first-order valence-electron chi connectivity index (χ1n) is 12.4. The number of benzene rings is 1. The molecule has 178 valence electrons. The van der Waals surface area contributed by atoms with Gasteiger partial charge in [0.15, 0.2) is 21.2 Å². The summed E-state index contributed by atoms with van der Waals surface area (Å²) in [7, 11) is 0. The van der Waals surface area contributed by atoms with Crippen molar-refractivity contribution in [1.82, 2.24) is 0 Å². The Morgan fingerprint density at radius 1 is 0.806 bits per heavy atom. The number of hydrogen-bond donors (Lipinski definition) is 1. The largest absolute Gasteiger partial charge is 0.492 e. The Bertz CT molecular complexity index is 603. The van der Waals surface area contributed by atoms with Gasteiger partial charge in [0.25, 0.3) is 0 Å². The van der Waals surface area contributed by atoms with Crippen LogP contribution in [0.1, 0.15) is 115 Å². The van der Waals surface area contributed by atoms with Crippen molar-refractivity contribution in [2.75, 3.05) is 6.61 Å². The quantitative estimate of drug-likeness (QED) is 0.124. The first kappa shape index (κ1) is 28.1. The second-order valence-electron chi connectivity index (χ2n) is 8.53. The van der Waals surface area contributed by atoms with E-state index in [2.05, 4.69) is 6.92 Å². The molecule has 31 heavy (non-hydrogen) atoms. The molecule has 4 nitrogen and oxygen atoms in total. The highest BCUT2D eigenvalue weighted by molar-refractivity contribution is 14.1. The van der Waals surface area contributed by atoms with E-state index in [1.54, 1.807) is 18.2 Å². The second kappa shape index (κ2) is 19.7. The van der Waals surface area contributed by atoms with Crippen LogP contribution in [0.5, 0.6) is 5.75 Å². The molecule has 0 atom stereocenters. The number of hydrogen-bond acceptors (Lipinski definition) is 3. The molecule has 0 aliphatic heterocycles. The van der Waals surface area contributed by atoms with E-state index in [1.165, 1.54) is 89.9 Å². The average molecular weight is 547 g/mol. The highest BCUT2D eigenvalue weighted by Gasteiger charge is 2.12. The fourth-order valence-corrected chi connectivity index (χ4v) is 5.09. The summed E-state index contributed by atoms with van der Waals surface area (Å²) in [5, 5.41) is 8.98. The zero-order chi connectivity index (χ0) is 22.6. The Hall–Kier alpha value is -0.980. The zero-order valence-corrected chi connectivity index (χ0v) is 21.7. The lowest BCUT2D eigenvalue weighted by molar-refractivity contribution is -0.136. The number of carboxylic acid groups (broad SMARTS) is 1. The van der Waals surface area contributed by atoms with E-state index in [4.69, 9.17) is 9.84 Å². The smallest absolute Gasteiger partial charge is 0.307 e. The van der Waals surface area contributed by atoms with Crippen LogP contribution in [0, 0.1) is 3.57 Å². The SMILES string of the molecule is CCCCCCCCCCCCCCCCCCOc1cccc(CC(=O)O)c1I=O. The van der Waals surface area contributed by atoms with Gasteiger partial charge in [0, 0.05) is 0 Å². The minimum atomic E-state index is -1.45. The van der Waals surface area contributed by atoms with Gasteiger partial charge in [-0.05, 0) is 18.1 Å². The third-order valence-corrected chi connectivity index (χ3v) is 7.38. The Morgan fingerprint density at radius 2 is 1.29 bits per heavy atom. The van der Waals surface area contributed by atoms with E-state index < -0.39 is 27.2 Å². The zero-order valence-electron chi connectivity index (χ0n) is 19.5. The first-order chi connectivity index (χ1) is 15.2. The molecule has 0 aliphatic carbocycles. The standard InChI is InChI=1S/C26H43IO4/c1-2-3-4-5-6-7-8-9-10-11-12-13-14-15-16-17-21-31-24-20-18-19-23(22-25(28)29)26(24)27-30/h18-20H,2-17,21-22H2,1H3,(H,28,29). The molecule has 0 unspecified atom stereocenters. The van der Waals surface area contributed by atoms with Gasteiger partial charge in [-0.3, -0.25) is 7.86 Å². The monoisotopic (exact) mass is 546 g/mol. The van der Waals surface area contributed by atoms with E-state index >= 15 is 0 Å². The fraction of sp³-hybridized carbons (Fsp3) is 0.731. The molecule has 0 spiro atoms. The summed E-state index contributed by atoms with van der Waals surface area (Å²) >= 11 is -1.45. The third kappa shape index (κ3) is 14.7. The number of rotatable bonds is 21. The van der Waals surface area contributed by atoms with Crippen molar-refractivity contribution >= 4 is 27.2 Å². The second-order valence-corrected chi connectivity index (χ2v) is 10.0. The van der Waals surface area contributed by atoms with Gasteiger partial charge in [-0.1, -0.05) is 115 Å². The molecule has 0 radical (unpaired) electrons. The summed E-state index contributed by atoms with van der Waals surface area (Å²) in [4.78, 5) is 10.9. The lowest BCUT2D eigenvalue weighted by Gasteiger charge is -2.10. The maximum atomic E-state index is 11.6. The molecule has 0 aromatic heterocycles. The van der Waals surface area contributed by atoms with Gasteiger partial charge in [0.05, 0.1) is 16.6 Å². The van der Waals surface area contributed by atoms with Crippen molar-refractivity contribution in [3.05, 3.63) is 27.3 Å². The number of carbonyl (C=O) groups is 1. The van der Waals surface area contributed by atoms with Gasteiger partial charge in [0.2, 0.25) is 0 Å². The minimum absolute atomic E-state index is 0.104. The molecule has 0 saturated carbocycles. The van der Waals surface area contributed by atoms with Crippen molar-refractivity contribution in [3.8, 4) is 5.75 Å². The molecule has 5 heteroatoms. The van der Waals surface area contributed by atoms with E-state index in [0.717, 1.165) is 12.8 Å². The van der Waals surface area contributed by atoms with Crippen LogP contribution in [0.2, 0.25) is 0 Å². The van der Waals surface area contributed by atoms with Crippen molar-refractivity contribution < 1.29 is 17.7 Å². The molecule has 0 heterocycles. The first-order valence-corrected chi connectivity index (χ1v) is 14.4. The molecular formula is C26H43IO4. The van der Waals surface area contributed by atoms with Crippen molar-refractivity contribution in [2.24, 2.45) is 0 Å². The summed E-state index contributed by atoms with van der Waals surface area (Å²) in [5.74, 6) is -0.309. The molecule has 1 N–H and O–H groups in total. The Balaban J connectivity index is 1.96. The maximum absolute atomic E-state index is 11.6. The topological polar surface area (TPSA) is 63.6 Å². The molecule has 1 aromatic rings. The van der Waals surface area contributed by atoms with Crippen LogP contribution in [-0.2, 0) is 14.3 Å². The number of aliphatic carboxylic acids is 1. The molecule has 0 fully saturated rings. The summed E-state index contributed by atoms with van der Waals surface area (Å²) in [6.07, 6.45) is 21.3. The summed E-state index contributed by atoms with van der Waals surface area (Å²) < 4.78 is 18.0. The van der Waals surface area contributed by atoms with E-state index in [-0.39, 0.29) is 6.42 Å². The highest BCUT2D eigenvalue weighted by atomic mass is 127. The van der Waals surface area contributed by atoms with Gasteiger partial charge < -0.3 is 9.84 Å². The normalized spacial score (nSPS) is 11.0. The molecule has 0 bridgehead atoms. The number of carboxylic acids is 1. The van der Waals surface area contributed by atoms with Crippen LogP contribution in [-0.4, -0.2) is 17.7 Å². The van der Waals surface area contributed by atoms with Crippen molar-refractivity contribution in [1.29, 1.82) is 0 Å². The predicted molar refractivity (Wildman–Crippen MR) is 136 cm³/mol. The summed E-state index contributed by atoms with van der Waals surface area (Å²) in [6, 6.07) is 5.30. The van der Waals surface area contributed by atoms with Crippen molar-refractivity contribution in [3.63, 3.8) is 0 Å². The molecule has 0 saturated heterocycles. The maximum Gasteiger partial charge on any atom is 0.307 e. The molecule has 0 aliphatic rings. The van der Waals surface area contributed by atoms with Gasteiger partial charge in [-0.25, -0.2) is 0 Å². The van der Waals surface area contributed by atoms with E-state index in [9.17, 15) is 7.86 Å². The Kier molecular flexibility index (Phi) is 17.8. The number of halogens is 1. The molecule has 0 amide bonds. The van der Waals surface area contributed by atoms with Gasteiger partial charge in [-0.15, -0.1) is 0 Å². The van der Waals surface area contributed by atoms with Crippen LogP contribution in [0.3, 0.4) is 0 Å². The average Bonchev–Trinajstić information content (AvgIpc) is 2.75. The predicted octanol–water partition coefficient (Wildman–Crippen LogP) is 8.44. The van der Waals surface area contributed by atoms with Gasteiger partial charge >= 0.3 is 5.97 Å². The minimum Gasteiger partial charge on any atom is -0.492 e. The number of unbranched alkanes of at least 4 members (excludes halogenated alkanes) is 15. The van der Waals surface area contributed by atoms with Gasteiger partial charge in [-0.2, -0.15) is 0 Å². The Labute approximate surface area is 200 Å². The number of ether oxygens (including phenoxy) is 1.